The Bertz CT molecular complexity index is 535. The van der Waals surface area contributed by atoms with Gasteiger partial charge in [0.25, 0.3) is 0 Å². The molecular formula is C14H16ClNO3S. The Morgan fingerprint density at radius 2 is 2.30 bits per heavy atom. The minimum absolute atomic E-state index is 0.0364. The van der Waals surface area contributed by atoms with Crippen LogP contribution in [0, 0.1) is 5.92 Å². The predicted octanol–water partition coefficient (Wildman–Crippen LogP) is 2.98. The topological polar surface area (TPSA) is 46.6 Å². The van der Waals surface area contributed by atoms with Gasteiger partial charge in [-0.25, -0.2) is 0 Å². The zero-order chi connectivity index (χ0) is 14.7. The molecule has 0 radical (unpaired) electrons. The maximum atomic E-state index is 12.1. The van der Waals surface area contributed by atoms with Gasteiger partial charge in [0.1, 0.15) is 5.75 Å². The van der Waals surface area contributed by atoms with Crippen molar-refractivity contribution in [1.29, 1.82) is 0 Å². The lowest BCUT2D eigenvalue weighted by Gasteiger charge is -2.19. The molecule has 1 unspecified atom stereocenters. The monoisotopic (exact) mass is 313 g/mol. The molecule has 1 aromatic rings. The Morgan fingerprint density at radius 1 is 1.55 bits per heavy atom. The minimum atomic E-state index is 0.0364. The number of nitrogens with zero attached hydrogens (tertiary/aromatic N) is 1. The van der Waals surface area contributed by atoms with Crippen molar-refractivity contribution in [2.75, 3.05) is 24.3 Å². The van der Waals surface area contributed by atoms with E-state index in [0.29, 0.717) is 35.2 Å². The van der Waals surface area contributed by atoms with Gasteiger partial charge in [-0.1, -0.05) is 23.4 Å². The van der Waals surface area contributed by atoms with Crippen LogP contribution in [0.1, 0.15) is 13.3 Å². The number of carbonyl (C=O) groups excluding carboxylic acids is 2. The highest BCUT2D eigenvalue weighted by molar-refractivity contribution is 8.13. The molecule has 20 heavy (non-hydrogen) atoms. The fourth-order valence-electron chi connectivity index (χ4n) is 2.19. The first-order valence-electron chi connectivity index (χ1n) is 6.28. The van der Waals surface area contributed by atoms with Gasteiger partial charge >= 0.3 is 0 Å². The standard InChI is InChI=1S/C14H16ClNO3S/c1-9(17)20-8-10-5-14(18)16(7-10)13-6-11(19-2)3-4-12(13)15/h3-4,6,10H,5,7-8H2,1-2H3. The van der Waals surface area contributed by atoms with Crippen molar-refractivity contribution in [3.8, 4) is 5.75 Å². The molecule has 0 bridgehead atoms. The highest BCUT2D eigenvalue weighted by Crippen LogP contribution is 2.34. The molecule has 1 amide bonds. The molecule has 0 aromatic heterocycles. The third kappa shape index (κ3) is 3.46. The second-order valence-corrected chi connectivity index (χ2v) is 6.30. The lowest BCUT2D eigenvalue weighted by atomic mass is 10.1. The molecule has 1 aliphatic heterocycles. The van der Waals surface area contributed by atoms with Crippen molar-refractivity contribution >= 4 is 40.1 Å². The zero-order valence-electron chi connectivity index (χ0n) is 11.4. The molecule has 1 heterocycles. The fraction of sp³-hybridized carbons (Fsp3) is 0.429. The number of halogens is 1. The fourth-order valence-corrected chi connectivity index (χ4v) is 3.10. The summed E-state index contributed by atoms with van der Waals surface area (Å²) in [7, 11) is 1.57. The average molecular weight is 314 g/mol. The normalized spacial score (nSPS) is 18.4. The van der Waals surface area contributed by atoms with E-state index in [-0.39, 0.29) is 16.9 Å². The van der Waals surface area contributed by atoms with Crippen LogP contribution in [0.2, 0.25) is 5.02 Å². The first-order chi connectivity index (χ1) is 9.51. The lowest BCUT2D eigenvalue weighted by molar-refractivity contribution is -0.117. The van der Waals surface area contributed by atoms with E-state index in [1.54, 1.807) is 30.2 Å². The lowest BCUT2D eigenvalue weighted by Crippen LogP contribution is -2.25. The maximum Gasteiger partial charge on any atom is 0.227 e. The van der Waals surface area contributed by atoms with Crippen LogP contribution in [0.25, 0.3) is 0 Å². The van der Waals surface area contributed by atoms with E-state index in [4.69, 9.17) is 16.3 Å². The Morgan fingerprint density at radius 3 is 2.95 bits per heavy atom. The van der Waals surface area contributed by atoms with E-state index < -0.39 is 0 Å². The van der Waals surface area contributed by atoms with Crippen LogP contribution in [0.5, 0.6) is 5.75 Å². The maximum absolute atomic E-state index is 12.1. The van der Waals surface area contributed by atoms with Gasteiger partial charge in [-0.05, 0) is 18.1 Å². The first kappa shape index (κ1) is 15.2. The van der Waals surface area contributed by atoms with Gasteiger partial charge in [-0.3, -0.25) is 9.59 Å². The molecule has 0 spiro atoms. The molecule has 1 fully saturated rings. The third-order valence-corrected chi connectivity index (χ3v) is 4.54. The van der Waals surface area contributed by atoms with Crippen LogP contribution < -0.4 is 9.64 Å². The molecule has 0 saturated carbocycles. The van der Waals surface area contributed by atoms with Crippen molar-refractivity contribution in [3.05, 3.63) is 23.2 Å². The molecule has 108 valence electrons. The van der Waals surface area contributed by atoms with E-state index in [0.717, 1.165) is 0 Å². The minimum Gasteiger partial charge on any atom is -0.497 e. The largest absolute Gasteiger partial charge is 0.497 e. The smallest absolute Gasteiger partial charge is 0.227 e. The Balaban J connectivity index is 2.13. The number of hydrogen-bond acceptors (Lipinski definition) is 4. The molecule has 4 nitrogen and oxygen atoms in total. The Hall–Kier alpha value is -1.20. The van der Waals surface area contributed by atoms with Crippen LogP contribution >= 0.6 is 23.4 Å². The second-order valence-electron chi connectivity index (χ2n) is 4.69. The van der Waals surface area contributed by atoms with Crippen molar-refractivity contribution in [2.45, 2.75) is 13.3 Å². The van der Waals surface area contributed by atoms with E-state index in [1.807, 2.05) is 0 Å². The van der Waals surface area contributed by atoms with Gasteiger partial charge in [-0.2, -0.15) is 0 Å². The highest BCUT2D eigenvalue weighted by atomic mass is 35.5. The van der Waals surface area contributed by atoms with Crippen LogP contribution in [-0.4, -0.2) is 30.4 Å². The Labute approximate surface area is 127 Å². The number of anilines is 1. The number of hydrogen-bond donors (Lipinski definition) is 0. The summed E-state index contributed by atoms with van der Waals surface area (Å²) in [4.78, 5) is 24.8. The SMILES string of the molecule is COc1ccc(Cl)c(N2CC(CSC(C)=O)CC2=O)c1. The summed E-state index contributed by atoms with van der Waals surface area (Å²) in [5, 5.41) is 0.606. The quantitative estimate of drug-likeness (QED) is 0.857. The zero-order valence-corrected chi connectivity index (χ0v) is 13.0. The third-order valence-electron chi connectivity index (χ3n) is 3.17. The van der Waals surface area contributed by atoms with Crippen LogP contribution in [0.15, 0.2) is 18.2 Å². The molecule has 1 aliphatic rings. The summed E-state index contributed by atoms with van der Waals surface area (Å²) >= 11 is 7.43. The summed E-state index contributed by atoms with van der Waals surface area (Å²) in [5.41, 5.74) is 0.673. The number of benzene rings is 1. The van der Waals surface area contributed by atoms with E-state index in [9.17, 15) is 9.59 Å². The Kier molecular flexibility index (Phi) is 4.94. The summed E-state index contributed by atoms with van der Waals surface area (Å²) in [6, 6.07) is 5.25. The number of rotatable bonds is 4. The number of amides is 1. The first-order valence-corrected chi connectivity index (χ1v) is 7.65. The molecule has 1 atom stereocenters. The number of thioether (sulfide) groups is 1. The van der Waals surface area contributed by atoms with Gasteiger partial charge in [0.05, 0.1) is 17.8 Å². The van der Waals surface area contributed by atoms with Crippen LogP contribution in [0.3, 0.4) is 0 Å². The molecule has 1 aromatic carbocycles. The van der Waals surface area contributed by atoms with Gasteiger partial charge < -0.3 is 9.64 Å². The molecule has 6 heteroatoms. The van der Waals surface area contributed by atoms with Gasteiger partial charge in [0.2, 0.25) is 5.91 Å². The summed E-state index contributed by atoms with van der Waals surface area (Å²) in [6.07, 6.45) is 0.452. The number of ether oxygens (including phenoxy) is 1. The van der Waals surface area contributed by atoms with Gasteiger partial charge in [0.15, 0.2) is 5.12 Å². The van der Waals surface area contributed by atoms with Crippen molar-refractivity contribution < 1.29 is 14.3 Å². The predicted molar refractivity (Wildman–Crippen MR) is 81.6 cm³/mol. The van der Waals surface area contributed by atoms with E-state index >= 15 is 0 Å². The number of methoxy groups -OCH3 is 1. The van der Waals surface area contributed by atoms with E-state index in [2.05, 4.69) is 0 Å². The van der Waals surface area contributed by atoms with Crippen LogP contribution in [-0.2, 0) is 9.59 Å². The van der Waals surface area contributed by atoms with Crippen molar-refractivity contribution in [3.63, 3.8) is 0 Å². The molecule has 0 N–H and O–H groups in total. The second kappa shape index (κ2) is 6.50. The molecule has 0 aliphatic carbocycles. The molecule has 1 saturated heterocycles. The molecular weight excluding hydrogens is 298 g/mol. The number of carbonyl (C=O) groups is 2. The summed E-state index contributed by atoms with van der Waals surface area (Å²) < 4.78 is 5.17. The summed E-state index contributed by atoms with van der Waals surface area (Å²) in [6.45, 7) is 2.13. The average Bonchev–Trinajstić information content (AvgIpc) is 2.78. The highest BCUT2D eigenvalue weighted by Gasteiger charge is 2.32. The van der Waals surface area contributed by atoms with E-state index in [1.165, 1.54) is 18.7 Å². The van der Waals surface area contributed by atoms with Crippen LogP contribution in [0.4, 0.5) is 5.69 Å². The van der Waals surface area contributed by atoms with Gasteiger partial charge in [-0.15, -0.1) is 0 Å². The van der Waals surface area contributed by atoms with Gasteiger partial charge in [0, 0.05) is 31.7 Å². The van der Waals surface area contributed by atoms with Crippen molar-refractivity contribution in [1.82, 2.24) is 0 Å². The molecule has 2 rings (SSSR count). The van der Waals surface area contributed by atoms with Crippen molar-refractivity contribution in [2.24, 2.45) is 5.92 Å². The summed E-state index contributed by atoms with van der Waals surface area (Å²) in [5.74, 6) is 1.55.